The summed E-state index contributed by atoms with van der Waals surface area (Å²) in [5.74, 6) is -0.639. The zero-order valence-electron chi connectivity index (χ0n) is 14.8. The summed E-state index contributed by atoms with van der Waals surface area (Å²) in [6.45, 7) is 1.60. The van der Waals surface area contributed by atoms with Crippen molar-refractivity contribution < 1.29 is 17.9 Å². The Kier molecular flexibility index (Phi) is 5.88. The van der Waals surface area contributed by atoms with Crippen molar-refractivity contribution in [2.45, 2.75) is 62.6 Å². The first kappa shape index (κ1) is 18.8. The number of amides is 1. The summed E-state index contributed by atoms with van der Waals surface area (Å²) in [6, 6.07) is 6.52. The fourth-order valence-corrected chi connectivity index (χ4v) is 4.60. The van der Waals surface area contributed by atoms with Gasteiger partial charge in [-0.25, -0.2) is 13.1 Å². The number of aromatic nitrogens is 1. The Balaban J connectivity index is 1.72. The maximum Gasteiger partial charge on any atom is 0.264 e. The Morgan fingerprint density at radius 2 is 1.92 bits per heavy atom. The van der Waals surface area contributed by atoms with E-state index >= 15 is 0 Å². The number of benzene rings is 1. The molecule has 1 fully saturated rings. The monoisotopic (exact) mass is 376 g/mol. The fourth-order valence-electron chi connectivity index (χ4n) is 3.33. The molecule has 1 aromatic heterocycles. The summed E-state index contributed by atoms with van der Waals surface area (Å²) in [4.78, 5) is 16.5. The second kappa shape index (κ2) is 8.14. The molecule has 140 valence electrons. The minimum absolute atomic E-state index is 0.0181. The van der Waals surface area contributed by atoms with Gasteiger partial charge in [0.15, 0.2) is 0 Å². The van der Waals surface area contributed by atoms with Crippen molar-refractivity contribution in [3.63, 3.8) is 0 Å². The summed E-state index contributed by atoms with van der Waals surface area (Å²) in [7, 11) is -3.99. The van der Waals surface area contributed by atoms with Crippen LogP contribution in [0.15, 0.2) is 41.6 Å². The Bertz CT molecular complexity index is 869. The Hall–Kier alpha value is -1.99. The van der Waals surface area contributed by atoms with Crippen LogP contribution in [0.5, 0.6) is 0 Å². The second-order valence-corrected chi connectivity index (χ2v) is 8.37. The number of hydrogen-bond acceptors (Lipinski definition) is 5. The van der Waals surface area contributed by atoms with E-state index in [2.05, 4.69) is 9.71 Å². The number of carbonyl (C=O) groups excluding carboxylic acids is 1. The summed E-state index contributed by atoms with van der Waals surface area (Å²) >= 11 is 0. The van der Waals surface area contributed by atoms with Crippen LogP contribution in [-0.2, 0) is 19.6 Å². The number of nitrogens with one attached hydrogen (secondary N) is 1. The van der Waals surface area contributed by atoms with Crippen LogP contribution in [-0.4, -0.2) is 31.5 Å². The number of sulfonamides is 1. The molecule has 0 unspecified atom stereocenters. The predicted octanol–water partition coefficient (Wildman–Crippen LogP) is 3.17. The SMILES string of the molecule is C[C@@H](OC1CCCCCC1)C(=O)NS(=O)(=O)c1cccc2cnccc12. The van der Waals surface area contributed by atoms with E-state index < -0.39 is 22.0 Å². The molecule has 6 nitrogen and oxygen atoms in total. The Morgan fingerprint density at radius 1 is 1.19 bits per heavy atom. The van der Waals surface area contributed by atoms with Gasteiger partial charge in [-0.1, -0.05) is 37.8 Å². The number of pyridine rings is 1. The molecule has 3 rings (SSSR count). The topological polar surface area (TPSA) is 85.4 Å². The summed E-state index contributed by atoms with van der Waals surface area (Å²) in [6.07, 6.45) is 8.70. The van der Waals surface area contributed by atoms with Crippen LogP contribution in [0.3, 0.4) is 0 Å². The first-order chi connectivity index (χ1) is 12.5. The van der Waals surface area contributed by atoms with Crippen molar-refractivity contribution in [3.05, 3.63) is 36.7 Å². The predicted molar refractivity (Wildman–Crippen MR) is 99.1 cm³/mol. The number of fused-ring (bicyclic) bond motifs is 1. The molecular formula is C19H24N2O4S. The molecule has 26 heavy (non-hydrogen) atoms. The van der Waals surface area contributed by atoms with E-state index in [0.717, 1.165) is 25.7 Å². The van der Waals surface area contributed by atoms with Gasteiger partial charge in [-0.3, -0.25) is 9.78 Å². The number of nitrogens with zero attached hydrogens (tertiary/aromatic N) is 1. The lowest BCUT2D eigenvalue weighted by molar-refractivity contribution is -0.133. The molecular weight excluding hydrogens is 352 g/mol. The molecule has 1 aliphatic carbocycles. The summed E-state index contributed by atoms with van der Waals surface area (Å²) in [5, 5.41) is 1.23. The summed E-state index contributed by atoms with van der Waals surface area (Å²) < 4.78 is 33.4. The van der Waals surface area contributed by atoms with Gasteiger partial charge in [0, 0.05) is 23.2 Å². The van der Waals surface area contributed by atoms with E-state index in [4.69, 9.17) is 4.74 Å². The first-order valence-electron chi connectivity index (χ1n) is 9.02. The van der Waals surface area contributed by atoms with Crippen LogP contribution in [0.4, 0.5) is 0 Å². The van der Waals surface area contributed by atoms with Gasteiger partial charge in [0.1, 0.15) is 6.10 Å². The molecule has 1 saturated carbocycles. The third-order valence-electron chi connectivity index (χ3n) is 4.73. The smallest absolute Gasteiger partial charge is 0.264 e. The van der Waals surface area contributed by atoms with Crippen molar-refractivity contribution in [2.24, 2.45) is 0 Å². The van der Waals surface area contributed by atoms with Gasteiger partial charge in [0.25, 0.3) is 15.9 Å². The largest absolute Gasteiger partial charge is 0.365 e. The molecule has 1 atom stereocenters. The van der Waals surface area contributed by atoms with Gasteiger partial charge in [-0.2, -0.15) is 0 Å². The molecule has 1 heterocycles. The lowest BCUT2D eigenvalue weighted by Gasteiger charge is -2.20. The van der Waals surface area contributed by atoms with Crippen molar-refractivity contribution in [1.29, 1.82) is 0 Å². The average Bonchev–Trinajstić information content (AvgIpc) is 2.89. The van der Waals surface area contributed by atoms with Crippen molar-refractivity contribution >= 4 is 26.7 Å². The number of hydrogen-bond donors (Lipinski definition) is 1. The highest BCUT2D eigenvalue weighted by Crippen LogP contribution is 2.23. The van der Waals surface area contributed by atoms with E-state index in [1.807, 2.05) is 0 Å². The summed E-state index contributed by atoms with van der Waals surface area (Å²) in [5.41, 5.74) is 0. The highest BCUT2D eigenvalue weighted by Gasteiger charge is 2.26. The van der Waals surface area contributed by atoms with E-state index in [9.17, 15) is 13.2 Å². The quantitative estimate of drug-likeness (QED) is 0.810. The molecule has 1 aromatic carbocycles. The molecule has 0 aliphatic heterocycles. The van der Waals surface area contributed by atoms with Gasteiger partial charge >= 0.3 is 0 Å². The number of carbonyl (C=O) groups is 1. The van der Waals surface area contributed by atoms with E-state index in [1.54, 1.807) is 31.3 Å². The van der Waals surface area contributed by atoms with E-state index in [1.165, 1.54) is 25.1 Å². The van der Waals surface area contributed by atoms with Crippen LogP contribution in [0, 0.1) is 0 Å². The molecule has 0 spiro atoms. The van der Waals surface area contributed by atoms with Crippen LogP contribution < -0.4 is 4.72 Å². The molecule has 0 radical (unpaired) electrons. The van der Waals surface area contributed by atoms with Crippen molar-refractivity contribution in [2.75, 3.05) is 0 Å². The second-order valence-electron chi connectivity index (χ2n) is 6.71. The Morgan fingerprint density at radius 3 is 2.65 bits per heavy atom. The Labute approximate surface area is 154 Å². The van der Waals surface area contributed by atoms with E-state index in [0.29, 0.717) is 10.8 Å². The normalized spacial score (nSPS) is 17.6. The molecule has 0 bridgehead atoms. The van der Waals surface area contributed by atoms with Crippen LogP contribution >= 0.6 is 0 Å². The zero-order chi connectivity index (χ0) is 18.6. The third kappa shape index (κ3) is 4.40. The van der Waals surface area contributed by atoms with Crippen molar-refractivity contribution in [3.8, 4) is 0 Å². The van der Waals surface area contributed by atoms with Gasteiger partial charge in [0.2, 0.25) is 0 Å². The van der Waals surface area contributed by atoms with Gasteiger partial charge < -0.3 is 4.74 Å². The van der Waals surface area contributed by atoms with Crippen LogP contribution in [0.25, 0.3) is 10.8 Å². The van der Waals surface area contributed by atoms with Crippen molar-refractivity contribution in [1.82, 2.24) is 9.71 Å². The maximum absolute atomic E-state index is 12.7. The van der Waals surface area contributed by atoms with Gasteiger partial charge in [-0.15, -0.1) is 0 Å². The lowest BCUT2D eigenvalue weighted by Crippen LogP contribution is -2.40. The molecule has 1 aliphatic rings. The third-order valence-corrected chi connectivity index (χ3v) is 6.14. The highest BCUT2D eigenvalue weighted by molar-refractivity contribution is 7.90. The van der Waals surface area contributed by atoms with Crippen LogP contribution in [0.2, 0.25) is 0 Å². The lowest BCUT2D eigenvalue weighted by atomic mass is 10.1. The fraction of sp³-hybridized carbons (Fsp3) is 0.474. The number of rotatable bonds is 5. The van der Waals surface area contributed by atoms with Crippen LogP contribution in [0.1, 0.15) is 45.4 Å². The molecule has 1 amide bonds. The van der Waals surface area contributed by atoms with E-state index in [-0.39, 0.29) is 11.0 Å². The molecule has 0 saturated heterocycles. The zero-order valence-corrected chi connectivity index (χ0v) is 15.7. The van der Waals surface area contributed by atoms with Gasteiger partial charge in [-0.05, 0) is 31.9 Å². The first-order valence-corrected chi connectivity index (χ1v) is 10.5. The average molecular weight is 376 g/mol. The minimum atomic E-state index is -3.99. The molecule has 2 aromatic rings. The molecule has 7 heteroatoms. The minimum Gasteiger partial charge on any atom is -0.365 e. The number of ether oxygens (including phenoxy) is 1. The standard InChI is InChI=1S/C19H24N2O4S/c1-14(25-16-8-4-2-3-5-9-16)19(22)21-26(23,24)18-10-6-7-15-13-20-12-11-17(15)18/h6-7,10-14,16H,2-5,8-9H2,1H3,(H,21,22)/t14-/m1/s1. The highest BCUT2D eigenvalue weighted by atomic mass is 32.2. The maximum atomic E-state index is 12.7. The van der Waals surface area contributed by atoms with Gasteiger partial charge in [0.05, 0.1) is 11.0 Å². The molecule has 1 N–H and O–H groups in total.